The zero-order valence-electron chi connectivity index (χ0n) is 13.8. The van der Waals surface area contributed by atoms with Gasteiger partial charge >= 0.3 is 0 Å². The van der Waals surface area contributed by atoms with Gasteiger partial charge in [0.25, 0.3) is 11.1 Å². The summed E-state index contributed by atoms with van der Waals surface area (Å²) >= 11 is 8.24. The van der Waals surface area contributed by atoms with E-state index in [9.17, 15) is 9.59 Å². The SMILES string of the molecule is O=C1SC(=Cc2ccc(Sc3ccc(Cl)cc3)o2)C(=O)N1c1ccccc1. The summed E-state index contributed by atoms with van der Waals surface area (Å²) in [6.07, 6.45) is 1.60. The van der Waals surface area contributed by atoms with Gasteiger partial charge in [0.05, 0.1) is 10.6 Å². The van der Waals surface area contributed by atoms with E-state index in [1.807, 2.05) is 36.4 Å². The van der Waals surface area contributed by atoms with Gasteiger partial charge in [-0.2, -0.15) is 0 Å². The number of hydrogen-bond donors (Lipinski definition) is 0. The maximum absolute atomic E-state index is 12.6. The molecule has 1 aliphatic heterocycles. The maximum Gasteiger partial charge on any atom is 0.298 e. The van der Waals surface area contributed by atoms with Crippen molar-refractivity contribution >= 4 is 58.0 Å². The van der Waals surface area contributed by atoms with Gasteiger partial charge in [0, 0.05) is 16.0 Å². The second-order valence-electron chi connectivity index (χ2n) is 5.57. The van der Waals surface area contributed by atoms with Crippen molar-refractivity contribution in [1.82, 2.24) is 0 Å². The van der Waals surface area contributed by atoms with Crippen molar-refractivity contribution in [2.45, 2.75) is 9.99 Å². The molecule has 0 N–H and O–H groups in total. The second kappa shape index (κ2) is 7.68. The largest absolute Gasteiger partial charge is 0.450 e. The molecule has 0 aliphatic carbocycles. The summed E-state index contributed by atoms with van der Waals surface area (Å²) in [7, 11) is 0. The van der Waals surface area contributed by atoms with Gasteiger partial charge in [-0.15, -0.1) is 0 Å². The molecule has 0 unspecified atom stereocenters. The van der Waals surface area contributed by atoms with E-state index in [-0.39, 0.29) is 11.1 Å². The smallest absolute Gasteiger partial charge is 0.298 e. The average molecular weight is 414 g/mol. The predicted octanol–water partition coefficient (Wildman–Crippen LogP) is 6.33. The van der Waals surface area contributed by atoms with E-state index >= 15 is 0 Å². The highest BCUT2D eigenvalue weighted by Gasteiger charge is 2.36. The van der Waals surface area contributed by atoms with Gasteiger partial charge in [0.2, 0.25) is 0 Å². The topological polar surface area (TPSA) is 50.5 Å². The zero-order chi connectivity index (χ0) is 18.8. The van der Waals surface area contributed by atoms with Crippen LogP contribution in [0.1, 0.15) is 5.76 Å². The Bertz CT molecular complexity index is 1030. The number of amides is 2. The standard InChI is InChI=1S/C20H12ClNO3S2/c21-13-6-9-16(10-7-13)26-18-11-8-15(25-18)12-17-19(23)22(20(24)27-17)14-4-2-1-3-5-14/h1-12H. The third kappa shape index (κ3) is 3.98. The first-order chi connectivity index (χ1) is 13.1. The van der Waals surface area contributed by atoms with Gasteiger partial charge < -0.3 is 4.42 Å². The molecule has 2 amide bonds. The van der Waals surface area contributed by atoms with E-state index < -0.39 is 0 Å². The molecule has 1 aromatic heterocycles. The van der Waals surface area contributed by atoms with E-state index in [1.165, 1.54) is 16.7 Å². The first-order valence-electron chi connectivity index (χ1n) is 7.96. The highest BCUT2D eigenvalue weighted by Crippen LogP contribution is 2.36. The van der Waals surface area contributed by atoms with Crippen molar-refractivity contribution in [1.29, 1.82) is 0 Å². The molecular formula is C20H12ClNO3S2. The van der Waals surface area contributed by atoms with Crippen LogP contribution in [0.4, 0.5) is 10.5 Å². The summed E-state index contributed by atoms with van der Waals surface area (Å²) < 4.78 is 5.76. The quantitative estimate of drug-likeness (QED) is 0.468. The summed E-state index contributed by atoms with van der Waals surface area (Å²) in [4.78, 5) is 27.3. The van der Waals surface area contributed by atoms with E-state index in [0.29, 0.717) is 26.5 Å². The van der Waals surface area contributed by atoms with Crippen LogP contribution >= 0.6 is 35.1 Å². The van der Waals surface area contributed by atoms with Crippen LogP contribution in [-0.4, -0.2) is 11.1 Å². The Hall–Kier alpha value is -2.41. The van der Waals surface area contributed by atoms with Crippen molar-refractivity contribution in [2.75, 3.05) is 4.90 Å². The lowest BCUT2D eigenvalue weighted by Crippen LogP contribution is -2.27. The minimum absolute atomic E-state index is 0.320. The predicted molar refractivity (Wildman–Crippen MR) is 109 cm³/mol. The molecule has 3 aromatic rings. The number of rotatable bonds is 4. The van der Waals surface area contributed by atoms with Crippen molar-refractivity contribution in [3.05, 3.63) is 82.4 Å². The fraction of sp³-hybridized carbons (Fsp3) is 0. The number of furan rings is 1. The second-order valence-corrected chi connectivity index (χ2v) is 8.07. The molecule has 4 nitrogen and oxygen atoms in total. The zero-order valence-corrected chi connectivity index (χ0v) is 16.2. The minimum Gasteiger partial charge on any atom is -0.450 e. The van der Waals surface area contributed by atoms with Crippen LogP contribution in [0.15, 0.2) is 86.0 Å². The van der Waals surface area contributed by atoms with E-state index in [0.717, 1.165) is 16.7 Å². The van der Waals surface area contributed by atoms with Crippen molar-refractivity contribution in [3.8, 4) is 0 Å². The maximum atomic E-state index is 12.6. The molecule has 27 heavy (non-hydrogen) atoms. The van der Waals surface area contributed by atoms with Crippen LogP contribution in [0.5, 0.6) is 0 Å². The highest BCUT2D eigenvalue weighted by atomic mass is 35.5. The average Bonchev–Trinajstić information content (AvgIpc) is 3.22. The van der Waals surface area contributed by atoms with E-state index in [4.69, 9.17) is 16.0 Å². The van der Waals surface area contributed by atoms with Gasteiger partial charge in [-0.05, 0) is 60.3 Å². The molecule has 1 fully saturated rings. The lowest BCUT2D eigenvalue weighted by Gasteiger charge is -2.11. The fourth-order valence-electron chi connectivity index (χ4n) is 2.48. The molecule has 0 radical (unpaired) electrons. The minimum atomic E-state index is -0.348. The third-order valence-electron chi connectivity index (χ3n) is 3.72. The molecule has 1 saturated heterocycles. The number of carbonyl (C=O) groups is 2. The van der Waals surface area contributed by atoms with Crippen LogP contribution < -0.4 is 4.90 Å². The lowest BCUT2D eigenvalue weighted by molar-refractivity contribution is -0.113. The van der Waals surface area contributed by atoms with Crippen LogP contribution in [0.3, 0.4) is 0 Å². The van der Waals surface area contributed by atoms with Crippen LogP contribution in [0, 0.1) is 0 Å². The Morgan fingerprint density at radius 2 is 1.70 bits per heavy atom. The molecule has 2 aromatic carbocycles. The summed E-state index contributed by atoms with van der Waals surface area (Å²) in [5.41, 5.74) is 0.557. The summed E-state index contributed by atoms with van der Waals surface area (Å²) in [5.74, 6) is 0.171. The highest BCUT2D eigenvalue weighted by molar-refractivity contribution is 8.19. The molecule has 0 saturated carbocycles. The fourth-order valence-corrected chi connectivity index (χ4v) is 4.21. The van der Waals surface area contributed by atoms with Crippen molar-refractivity contribution in [3.63, 3.8) is 0 Å². The summed E-state index contributed by atoms with van der Waals surface area (Å²) in [5, 5.41) is 1.04. The number of para-hydroxylation sites is 1. The molecule has 1 aliphatic rings. The van der Waals surface area contributed by atoms with Crippen LogP contribution in [0.25, 0.3) is 6.08 Å². The number of halogens is 1. The number of hydrogen-bond acceptors (Lipinski definition) is 5. The van der Waals surface area contributed by atoms with E-state index in [1.54, 1.807) is 36.4 Å². The van der Waals surface area contributed by atoms with Crippen molar-refractivity contribution < 1.29 is 14.0 Å². The summed E-state index contributed by atoms with van der Waals surface area (Å²) in [6.45, 7) is 0. The molecule has 0 spiro atoms. The lowest BCUT2D eigenvalue weighted by atomic mass is 10.3. The summed E-state index contributed by atoms with van der Waals surface area (Å²) in [6, 6.07) is 19.9. The van der Waals surface area contributed by atoms with Gasteiger partial charge in [-0.25, -0.2) is 4.90 Å². The first-order valence-corrected chi connectivity index (χ1v) is 9.97. The number of thioether (sulfide) groups is 1. The van der Waals surface area contributed by atoms with Crippen LogP contribution in [0.2, 0.25) is 5.02 Å². The number of nitrogens with zero attached hydrogens (tertiary/aromatic N) is 1. The number of benzene rings is 2. The van der Waals surface area contributed by atoms with Crippen molar-refractivity contribution in [2.24, 2.45) is 0 Å². The molecule has 0 atom stereocenters. The Morgan fingerprint density at radius 3 is 2.44 bits per heavy atom. The monoisotopic (exact) mass is 413 g/mol. The molecule has 134 valence electrons. The number of anilines is 1. The number of carbonyl (C=O) groups excluding carboxylic acids is 2. The Labute approximate surface area is 169 Å². The van der Waals surface area contributed by atoms with Gasteiger partial charge in [0.15, 0.2) is 5.09 Å². The molecular weight excluding hydrogens is 402 g/mol. The Balaban J connectivity index is 1.52. The van der Waals surface area contributed by atoms with Crippen LogP contribution in [-0.2, 0) is 4.79 Å². The van der Waals surface area contributed by atoms with Gasteiger partial charge in [0.1, 0.15) is 5.76 Å². The first kappa shape index (κ1) is 18.0. The van der Waals surface area contributed by atoms with E-state index in [2.05, 4.69) is 0 Å². The van der Waals surface area contributed by atoms with Gasteiger partial charge in [-0.3, -0.25) is 9.59 Å². The third-order valence-corrected chi connectivity index (χ3v) is 5.77. The molecule has 4 rings (SSSR count). The molecule has 2 heterocycles. The molecule has 7 heteroatoms. The van der Waals surface area contributed by atoms with Gasteiger partial charge in [-0.1, -0.05) is 41.6 Å². The Morgan fingerprint density at radius 1 is 0.963 bits per heavy atom. The number of imide groups is 1. The molecule has 0 bridgehead atoms. The normalized spacial score (nSPS) is 15.7. The Kier molecular flexibility index (Phi) is 5.11.